The van der Waals surface area contributed by atoms with E-state index in [0.29, 0.717) is 12.8 Å². The van der Waals surface area contributed by atoms with E-state index in [1.54, 1.807) is 0 Å². The fourth-order valence-electron chi connectivity index (χ4n) is 3.60. The van der Waals surface area contributed by atoms with Crippen LogP contribution in [0.25, 0.3) is 0 Å². The Hall–Kier alpha value is -1.32. The first-order valence-corrected chi connectivity index (χ1v) is 12.7. The first kappa shape index (κ1) is 28.7. The van der Waals surface area contributed by atoms with Gasteiger partial charge in [0.25, 0.3) is 0 Å². The molecule has 0 fully saturated rings. The summed E-state index contributed by atoms with van der Waals surface area (Å²) in [5.41, 5.74) is 0. The largest absolute Gasteiger partial charge is 0.481 e. The number of carbonyl (C=O) groups excluding carboxylic acids is 1. The molecule has 4 nitrogen and oxygen atoms in total. The van der Waals surface area contributed by atoms with Gasteiger partial charge >= 0.3 is 11.9 Å². The van der Waals surface area contributed by atoms with E-state index < -0.39 is 12.1 Å². The number of carboxylic acids is 1. The van der Waals surface area contributed by atoms with Crippen LogP contribution in [0, 0.1) is 0 Å². The highest BCUT2D eigenvalue weighted by Gasteiger charge is 2.17. The standard InChI is InChI=1S/C26H48O4/c1-3-5-7-8-9-10-11-12-13-14-15-16-17-18-20-22-26(29)30-24(23-25(27)28)21-19-6-4-2/h12-13,24H,3-11,14-23H2,1-2H3,(H,27,28)/b13-12-. The summed E-state index contributed by atoms with van der Waals surface area (Å²) < 4.78 is 5.40. The van der Waals surface area contributed by atoms with Crippen molar-refractivity contribution >= 4 is 11.9 Å². The summed E-state index contributed by atoms with van der Waals surface area (Å²) in [4.78, 5) is 22.9. The molecule has 0 spiro atoms. The van der Waals surface area contributed by atoms with Crippen molar-refractivity contribution in [2.24, 2.45) is 0 Å². The summed E-state index contributed by atoms with van der Waals surface area (Å²) in [6.45, 7) is 4.36. The number of hydrogen-bond donors (Lipinski definition) is 1. The van der Waals surface area contributed by atoms with E-state index in [-0.39, 0.29) is 12.4 Å². The molecular weight excluding hydrogens is 376 g/mol. The van der Waals surface area contributed by atoms with Gasteiger partial charge in [-0.3, -0.25) is 9.59 Å². The molecule has 0 rings (SSSR count). The minimum atomic E-state index is -0.898. The Morgan fingerprint density at radius 2 is 1.23 bits per heavy atom. The van der Waals surface area contributed by atoms with Crippen LogP contribution in [0.2, 0.25) is 0 Å². The Bertz CT molecular complexity index is 431. The third-order valence-corrected chi connectivity index (χ3v) is 5.47. The quantitative estimate of drug-likeness (QED) is 0.109. The molecule has 0 saturated carbocycles. The van der Waals surface area contributed by atoms with Crippen molar-refractivity contribution in [2.45, 2.75) is 142 Å². The first-order valence-electron chi connectivity index (χ1n) is 12.7. The molecule has 0 heterocycles. The highest BCUT2D eigenvalue weighted by molar-refractivity contribution is 5.71. The molecular formula is C26H48O4. The summed E-state index contributed by atoms with van der Waals surface area (Å²) >= 11 is 0. The van der Waals surface area contributed by atoms with Crippen molar-refractivity contribution in [1.82, 2.24) is 0 Å². The number of ether oxygens (including phenoxy) is 1. The van der Waals surface area contributed by atoms with E-state index in [4.69, 9.17) is 9.84 Å². The molecule has 176 valence electrons. The second kappa shape index (κ2) is 22.4. The van der Waals surface area contributed by atoms with E-state index in [1.807, 2.05) is 0 Å². The molecule has 0 aromatic heterocycles. The van der Waals surface area contributed by atoms with Crippen LogP contribution in [0.5, 0.6) is 0 Å². The Morgan fingerprint density at radius 3 is 1.80 bits per heavy atom. The topological polar surface area (TPSA) is 63.6 Å². The Labute approximate surface area is 185 Å². The molecule has 0 saturated heterocycles. The van der Waals surface area contributed by atoms with Gasteiger partial charge < -0.3 is 9.84 Å². The maximum Gasteiger partial charge on any atom is 0.307 e. The van der Waals surface area contributed by atoms with Crippen molar-refractivity contribution < 1.29 is 19.4 Å². The average molecular weight is 425 g/mol. The molecule has 1 unspecified atom stereocenters. The average Bonchev–Trinajstić information content (AvgIpc) is 2.70. The number of esters is 1. The molecule has 1 atom stereocenters. The van der Waals surface area contributed by atoms with Gasteiger partial charge in [-0.15, -0.1) is 0 Å². The van der Waals surface area contributed by atoms with Crippen LogP contribution in [-0.2, 0) is 14.3 Å². The molecule has 4 heteroatoms. The van der Waals surface area contributed by atoms with Crippen molar-refractivity contribution in [3.63, 3.8) is 0 Å². The lowest BCUT2D eigenvalue weighted by molar-refractivity contribution is -0.153. The van der Waals surface area contributed by atoms with Crippen LogP contribution >= 0.6 is 0 Å². The third-order valence-electron chi connectivity index (χ3n) is 5.47. The van der Waals surface area contributed by atoms with Gasteiger partial charge in [0.05, 0.1) is 6.42 Å². The molecule has 0 aliphatic rings. The fourth-order valence-corrected chi connectivity index (χ4v) is 3.60. The van der Waals surface area contributed by atoms with E-state index in [2.05, 4.69) is 26.0 Å². The molecule has 0 aliphatic carbocycles. The predicted molar refractivity (Wildman–Crippen MR) is 126 cm³/mol. The van der Waals surface area contributed by atoms with Crippen LogP contribution in [0.4, 0.5) is 0 Å². The lowest BCUT2D eigenvalue weighted by atomic mass is 10.1. The summed E-state index contributed by atoms with van der Waals surface area (Å²) in [6.07, 6.45) is 24.2. The zero-order valence-corrected chi connectivity index (χ0v) is 19.8. The first-order chi connectivity index (χ1) is 14.6. The Morgan fingerprint density at radius 1 is 0.733 bits per heavy atom. The van der Waals surface area contributed by atoms with Crippen LogP contribution in [-0.4, -0.2) is 23.1 Å². The second-order valence-corrected chi connectivity index (χ2v) is 8.54. The predicted octanol–water partition coefficient (Wildman–Crippen LogP) is 7.99. The number of carboxylic acid groups (broad SMARTS) is 1. The summed E-state index contributed by atoms with van der Waals surface area (Å²) in [5, 5.41) is 8.97. The Kier molecular flexibility index (Phi) is 21.4. The number of unbranched alkanes of at least 4 members (excludes halogenated alkanes) is 13. The molecule has 0 radical (unpaired) electrons. The second-order valence-electron chi connectivity index (χ2n) is 8.54. The lowest BCUT2D eigenvalue weighted by Crippen LogP contribution is -2.21. The summed E-state index contributed by atoms with van der Waals surface area (Å²) in [6, 6.07) is 0. The number of rotatable bonds is 22. The highest BCUT2D eigenvalue weighted by Crippen LogP contribution is 2.14. The highest BCUT2D eigenvalue weighted by atomic mass is 16.5. The van der Waals surface area contributed by atoms with Crippen LogP contribution < -0.4 is 0 Å². The molecule has 0 bridgehead atoms. The molecule has 30 heavy (non-hydrogen) atoms. The minimum Gasteiger partial charge on any atom is -0.481 e. The van der Waals surface area contributed by atoms with E-state index in [1.165, 1.54) is 57.8 Å². The third kappa shape index (κ3) is 21.4. The van der Waals surface area contributed by atoms with E-state index >= 15 is 0 Å². The van der Waals surface area contributed by atoms with Gasteiger partial charge in [-0.05, 0) is 44.9 Å². The van der Waals surface area contributed by atoms with Gasteiger partial charge in [0.2, 0.25) is 0 Å². The lowest BCUT2D eigenvalue weighted by Gasteiger charge is -2.16. The fraction of sp³-hybridized carbons (Fsp3) is 0.846. The monoisotopic (exact) mass is 424 g/mol. The van der Waals surface area contributed by atoms with Crippen LogP contribution in [0.15, 0.2) is 12.2 Å². The molecule has 0 amide bonds. The number of hydrogen-bond acceptors (Lipinski definition) is 3. The van der Waals surface area contributed by atoms with Gasteiger partial charge in [0.1, 0.15) is 6.10 Å². The van der Waals surface area contributed by atoms with E-state index in [0.717, 1.165) is 44.9 Å². The van der Waals surface area contributed by atoms with Gasteiger partial charge in [0, 0.05) is 6.42 Å². The molecule has 1 N–H and O–H groups in total. The van der Waals surface area contributed by atoms with Crippen LogP contribution in [0.1, 0.15) is 136 Å². The minimum absolute atomic E-state index is 0.0815. The van der Waals surface area contributed by atoms with Gasteiger partial charge in [-0.25, -0.2) is 0 Å². The maximum atomic E-state index is 12.0. The molecule has 0 aromatic carbocycles. The number of allylic oxidation sites excluding steroid dienone is 2. The van der Waals surface area contributed by atoms with Crippen molar-refractivity contribution in [2.75, 3.05) is 0 Å². The van der Waals surface area contributed by atoms with Crippen molar-refractivity contribution in [3.8, 4) is 0 Å². The van der Waals surface area contributed by atoms with Gasteiger partial charge in [0.15, 0.2) is 0 Å². The maximum absolute atomic E-state index is 12.0. The number of carbonyl (C=O) groups is 2. The zero-order chi connectivity index (χ0) is 22.3. The van der Waals surface area contributed by atoms with E-state index in [9.17, 15) is 9.59 Å². The SMILES string of the molecule is CCCCCCCC/C=C\CCCCCCCC(=O)OC(CCCCC)CC(=O)O. The van der Waals surface area contributed by atoms with Gasteiger partial charge in [-0.2, -0.15) is 0 Å². The Balaban J connectivity index is 3.57. The van der Waals surface area contributed by atoms with Crippen molar-refractivity contribution in [3.05, 3.63) is 12.2 Å². The summed E-state index contributed by atoms with van der Waals surface area (Å²) in [5.74, 6) is -1.14. The van der Waals surface area contributed by atoms with Crippen LogP contribution in [0.3, 0.4) is 0 Å². The molecule has 0 aliphatic heterocycles. The van der Waals surface area contributed by atoms with Gasteiger partial charge in [-0.1, -0.05) is 90.2 Å². The summed E-state index contributed by atoms with van der Waals surface area (Å²) in [7, 11) is 0. The van der Waals surface area contributed by atoms with Crippen molar-refractivity contribution in [1.29, 1.82) is 0 Å². The smallest absolute Gasteiger partial charge is 0.307 e. The normalized spacial score (nSPS) is 12.3. The zero-order valence-electron chi connectivity index (χ0n) is 19.8. The number of aliphatic carboxylic acids is 1. The molecule has 0 aromatic rings.